The standard InChI is InChI=1S/C17H19NO7/c1-9(13-7-11(19)4-5-15(13)21)18(25)14(17(23)24)6-10-2-3-12(20)8-16(10)22/h2-5,7-9,14,19-22,25H,6H2,1H3,(H,23,24). The molecule has 0 fully saturated rings. The van der Waals surface area contributed by atoms with Crippen molar-refractivity contribution in [2.24, 2.45) is 0 Å². The topological polar surface area (TPSA) is 142 Å². The molecule has 0 heterocycles. The normalized spacial score (nSPS) is 13.6. The van der Waals surface area contributed by atoms with Gasteiger partial charge < -0.3 is 30.7 Å². The van der Waals surface area contributed by atoms with E-state index in [0.717, 1.165) is 6.07 Å². The number of carboxylic acids is 1. The number of hydrogen-bond acceptors (Lipinski definition) is 7. The molecule has 0 bridgehead atoms. The Bertz CT molecular complexity index is 778. The van der Waals surface area contributed by atoms with Crippen molar-refractivity contribution in [1.82, 2.24) is 5.06 Å². The summed E-state index contributed by atoms with van der Waals surface area (Å²) in [5.74, 6) is -2.17. The van der Waals surface area contributed by atoms with Crippen LogP contribution in [0.15, 0.2) is 36.4 Å². The number of phenols is 4. The summed E-state index contributed by atoms with van der Waals surface area (Å²) in [6.07, 6.45) is -0.248. The van der Waals surface area contributed by atoms with Gasteiger partial charge in [0.2, 0.25) is 0 Å². The molecule has 0 aromatic heterocycles. The maximum absolute atomic E-state index is 11.6. The smallest absolute Gasteiger partial charge is 0.323 e. The molecule has 2 rings (SSSR count). The number of carbonyl (C=O) groups is 1. The molecule has 6 N–H and O–H groups in total. The van der Waals surface area contributed by atoms with E-state index in [4.69, 9.17) is 0 Å². The van der Waals surface area contributed by atoms with Crippen LogP contribution in [0.25, 0.3) is 0 Å². The first kappa shape index (κ1) is 18.4. The highest BCUT2D eigenvalue weighted by atomic mass is 16.5. The Morgan fingerprint density at radius 1 is 1.00 bits per heavy atom. The number of nitrogens with zero attached hydrogens (tertiary/aromatic N) is 1. The van der Waals surface area contributed by atoms with E-state index in [1.807, 2.05) is 0 Å². The van der Waals surface area contributed by atoms with E-state index in [-0.39, 0.29) is 40.5 Å². The highest BCUT2D eigenvalue weighted by Crippen LogP contribution is 2.33. The minimum atomic E-state index is -1.44. The molecule has 0 amide bonds. The minimum absolute atomic E-state index is 0.142. The van der Waals surface area contributed by atoms with Crippen LogP contribution >= 0.6 is 0 Å². The molecule has 2 unspecified atom stereocenters. The highest BCUT2D eigenvalue weighted by Gasteiger charge is 2.31. The third-order valence-corrected chi connectivity index (χ3v) is 3.94. The Morgan fingerprint density at radius 2 is 1.60 bits per heavy atom. The Morgan fingerprint density at radius 3 is 2.20 bits per heavy atom. The van der Waals surface area contributed by atoms with Gasteiger partial charge in [-0.1, -0.05) is 6.07 Å². The summed E-state index contributed by atoms with van der Waals surface area (Å²) in [6, 6.07) is 5.04. The molecule has 0 saturated carbocycles. The summed E-state index contributed by atoms with van der Waals surface area (Å²) in [5.41, 5.74) is 0.361. The lowest BCUT2D eigenvalue weighted by Crippen LogP contribution is -2.42. The van der Waals surface area contributed by atoms with Crippen LogP contribution in [0.3, 0.4) is 0 Å². The van der Waals surface area contributed by atoms with Gasteiger partial charge in [0.1, 0.15) is 29.0 Å². The predicted octanol–water partition coefficient (Wildman–Crippen LogP) is 1.96. The number of rotatable bonds is 6. The van der Waals surface area contributed by atoms with Gasteiger partial charge in [0.15, 0.2) is 0 Å². The Balaban J connectivity index is 2.29. The molecule has 0 saturated heterocycles. The number of phenolic OH excluding ortho intramolecular Hbond substituents is 4. The molecular weight excluding hydrogens is 330 g/mol. The average Bonchev–Trinajstić information content (AvgIpc) is 2.54. The number of hydroxylamine groups is 2. The fourth-order valence-corrected chi connectivity index (χ4v) is 2.52. The quantitative estimate of drug-likeness (QED) is 0.343. The molecule has 2 aromatic carbocycles. The van der Waals surface area contributed by atoms with Crippen LogP contribution < -0.4 is 0 Å². The van der Waals surface area contributed by atoms with Crippen LogP contribution in [0.1, 0.15) is 24.1 Å². The molecular formula is C17H19NO7. The van der Waals surface area contributed by atoms with Crippen LogP contribution in [-0.2, 0) is 11.2 Å². The Hall–Kier alpha value is -2.97. The van der Waals surface area contributed by atoms with Gasteiger partial charge in [-0.25, -0.2) is 0 Å². The van der Waals surface area contributed by atoms with Gasteiger partial charge in [-0.15, -0.1) is 0 Å². The summed E-state index contributed by atoms with van der Waals surface area (Å²) in [5, 5.41) is 58.8. The fourth-order valence-electron chi connectivity index (χ4n) is 2.52. The van der Waals surface area contributed by atoms with Crippen molar-refractivity contribution < 1.29 is 35.5 Å². The van der Waals surface area contributed by atoms with Crippen molar-refractivity contribution in [3.63, 3.8) is 0 Å². The summed E-state index contributed by atoms with van der Waals surface area (Å²) < 4.78 is 0. The van der Waals surface area contributed by atoms with Crippen LogP contribution in [0.2, 0.25) is 0 Å². The second kappa shape index (κ2) is 7.29. The summed E-state index contributed by atoms with van der Waals surface area (Å²) in [6.45, 7) is 1.46. The molecule has 0 aliphatic carbocycles. The van der Waals surface area contributed by atoms with Crippen molar-refractivity contribution in [1.29, 1.82) is 0 Å². The largest absolute Gasteiger partial charge is 0.508 e. The molecule has 2 atom stereocenters. The summed E-state index contributed by atoms with van der Waals surface area (Å²) in [4.78, 5) is 11.6. The van der Waals surface area contributed by atoms with Crippen molar-refractivity contribution in [2.45, 2.75) is 25.4 Å². The van der Waals surface area contributed by atoms with E-state index in [9.17, 15) is 35.5 Å². The summed E-state index contributed by atoms with van der Waals surface area (Å²) in [7, 11) is 0. The van der Waals surface area contributed by atoms with Gasteiger partial charge >= 0.3 is 5.97 Å². The van der Waals surface area contributed by atoms with Gasteiger partial charge in [0.25, 0.3) is 0 Å². The molecule has 0 aliphatic heterocycles. The van der Waals surface area contributed by atoms with Gasteiger partial charge in [-0.2, -0.15) is 5.06 Å². The first-order valence-electron chi connectivity index (χ1n) is 7.43. The van der Waals surface area contributed by atoms with Crippen molar-refractivity contribution in [2.75, 3.05) is 0 Å². The predicted molar refractivity (Wildman–Crippen MR) is 86.7 cm³/mol. The zero-order chi connectivity index (χ0) is 18.7. The molecule has 0 aliphatic rings. The Labute approximate surface area is 143 Å². The van der Waals surface area contributed by atoms with E-state index in [0.29, 0.717) is 5.06 Å². The number of hydrogen-bond donors (Lipinski definition) is 6. The molecule has 8 nitrogen and oxygen atoms in total. The van der Waals surface area contributed by atoms with Crippen LogP contribution in [-0.4, -0.2) is 47.8 Å². The van der Waals surface area contributed by atoms with Crippen molar-refractivity contribution >= 4 is 5.97 Å². The van der Waals surface area contributed by atoms with Crippen molar-refractivity contribution in [3.8, 4) is 23.0 Å². The fraction of sp³-hybridized carbons (Fsp3) is 0.235. The lowest BCUT2D eigenvalue weighted by atomic mass is 10.0. The Kier molecular flexibility index (Phi) is 5.35. The molecule has 8 heteroatoms. The average molecular weight is 349 g/mol. The second-order valence-electron chi connectivity index (χ2n) is 5.67. The minimum Gasteiger partial charge on any atom is -0.508 e. The monoisotopic (exact) mass is 349 g/mol. The molecule has 0 radical (unpaired) electrons. The number of benzene rings is 2. The van der Waals surface area contributed by atoms with Gasteiger partial charge in [-0.05, 0) is 36.8 Å². The van der Waals surface area contributed by atoms with Crippen LogP contribution in [0.4, 0.5) is 0 Å². The molecule has 25 heavy (non-hydrogen) atoms. The van der Waals surface area contributed by atoms with E-state index in [1.165, 1.54) is 37.3 Å². The van der Waals surface area contributed by atoms with E-state index in [1.54, 1.807) is 0 Å². The van der Waals surface area contributed by atoms with E-state index >= 15 is 0 Å². The third kappa shape index (κ3) is 4.11. The van der Waals surface area contributed by atoms with Gasteiger partial charge in [0.05, 0.1) is 6.04 Å². The van der Waals surface area contributed by atoms with E-state index in [2.05, 4.69) is 0 Å². The van der Waals surface area contributed by atoms with Gasteiger partial charge in [0, 0.05) is 18.1 Å². The third-order valence-electron chi connectivity index (χ3n) is 3.94. The van der Waals surface area contributed by atoms with Crippen molar-refractivity contribution in [3.05, 3.63) is 47.5 Å². The number of aromatic hydroxyl groups is 4. The second-order valence-corrected chi connectivity index (χ2v) is 5.67. The highest BCUT2D eigenvalue weighted by molar-refractivity contribution is 5.74. The first-order valence-corrected chi connectivity index (χ1v) is 7.43. The first-order chi connectivity index (χ1) is 11.7. The van der Waals surface area contributed by atoms with Crippen LogP contribution in [0, 0.1) is 0 Å². The van der Waals surface area contributed by atoms with Crippen LogP contribution in [0.5, 0.6) is 23.0 Å². The number of aliphatic carboxylic acids is 1. The molecule has 0 spiro atoms. The zero-order valence-electron chi connectivity index (χ0n) is 13.4. The lowest BCUT2D eigenvalue weighted by molar-refractivity contribution is -0.183. The maximum Gasteiger partial charge on any atom is 0.323 e. The van der Waals surface area contributed by atoms with E-state index < -0.39 is 18.1 Å². The molecule has 2 aromatic rings. The molecule has 134 valence electrons. The van der Waals surface area contributed by atoms with Gasteiger partial charge in [-0.3, -0.25) is 4.79 Å². The number of carboxylic acid groups (broad SMARTS) is 1. The zero-order valence-corrected chi connectivity index (χ0v) is 13.4. The maximum atomic E-state index is 11.6. The SMILES string of the molecule is CC(c1cc(O)ccc1O)N(O)C(Cc1ccc(O)cc1O)C(=O)O. The summed E-state index contributed by atoms with van der Waals surface area (Å²) >= 11 is 0. The lowest BCUT2D eigenvalue weighted by Gasteiger charge is -2.29.